The van der Waals surface area contributed by atoms with E-state index in [1.165, 1.54) is 0 Å². The number of hydrogen-bond acceptors (Lipinski definition) is 2. The van der Waals surface area contributed by atoms with Crippen LogP contribution in [0.5, 0.6) is 11.5 Å². The lowest BCUT2D eigenvalue weighted by atomic mass is 9.86. The average Bonchev–Trinajstić information content (AvgIpc) is 2.40. The first-order chi connectivity index (χ1) is 9.38. The highest BCUT2D eigenvalue weighted by Crippen LogP contribution is 2.26. The van der Waals surface area contributed by atoms with Crippen LogP contribution < -0.4 is 4.74 Å². The lowest BCUT2D eigenvalue weighted by Crippen LogP contribution is -2.19. The molecule has 0 aromatic heterocycles. The molecule has 0 radical (unpaired) electrons. The molecule has 0 atom stereocenters. The van der Waals surface area contributed by atoms with Crippen LogP contribution in [0.2, 0.25) is 0 Å². The maximum Gasteiger partial charge on any atom is 0.168 e. The van der Waals surface area contributed by atoms with Gasteiger partial charge in [0.1, 0.15) is 11.5 Å². The number of hydrogen-bond donors (Lipinski definition) is 0. The van der Waals surface area contributed by atoms with Crippen molar-refractivity contribution in [1.29, 1.82) is 0 Å². The van der Waals surface area contributed by atoms with Crippen molar-refractivity contribution < 1.29 is 9.53 Å². The van der Waals surface area contributed by atoms with Gasteiger partial charge in [-0.3, -0.25) is 4.79 Å². The molecule has 104 valence electrons. The van der Waals surface area contributed by atoms with E-state index in [1.54, 1.807) is 0 Å². The number of benzene rings is 2. The van der Waals surface area contributed by atoms with Crippen LogP contribution in [-0.4, -0.2) is 5.78 Å². The molecule has 0 N–H and O–H groups in total. The zero-order chi connectivity index (χ0) is 14.8. The van der Waals surface area contributed by atoms with Crippen molar-refractivity contribution in [3.05, 3.63) is 59.7 Å². The first-order valence-electron chi connectivity index (χ1n) is 6.76. The van der Waals surface area contributed by atoms with E-state index in [4.69, 9.17) is 4.74 Å². The summed E-state index contributed by atoms with van der Waals surface area (Å²) in [6.07, 6.45) is 0. The van der Waals surface area contributed by atoms with E-state index in [0.29, 0.717) is 0 Å². The minimum atomic E-state index is -0.363. The van der Waals surface area contributed by atoms with Crippen molar-refractivity contribution in [2.24, 2.45) is 5.41 Å². The van der Waals surface area contributed by atoms with Crippen molar-refractivity contribution >= 4 is 5.78 Å². The van der Waals surface area contributed by atoms with Crippen LogP contribution >= 0.6 is 0 Å². The van der Waals surface area contributed by atoms with Crippen LogP contribution in [0.3, 0.4) is 0 Å². The molecule has 0 aliphatic rings. The third kappa shape index (κ3) is 3.27. The van der Waals surface area contributed by atoms with Crippen LogP contribution in [0.25, 0.3) is 0 Å². The summed E-state index contributed by atoms with van der Waals surface area (Å²) in [7, 11) is 0. The fourth-order valence-corrected chi connectivity index (χ4v) is 1.91. The molecular formula is C18H20O2. The van der Waals surface area contributed by atoms with Gasteiger partial charge in [0.05, 0.1) is 0 Å². The maximum absolute atomic E-state index is 12.1. The second-order valence-electron chi connectivity index (χ2n) is 5.97. The lowest BCUT2D eigenvalue weighted by Gasteiger charge is -2.16. The second-order valence-corrected chi connectivity index (χ2v) is 5.97. The number of rotatable bonds is 3. The average molecular weight is 268 g/mol. The number of carbonyl (C=O) groups excluding carboxylic acids is 1. The summed E-state index contributed by atoms with van der Waals surface area (Å²) in [6.45, 7) is 7.78. The first-order valence-corrected chi connectivity index (χ1v) is 6.76. The van der Waals surface area contributed by atoms with Gasteiger partial charge < -0.3 is 4.74 Å². The molecule has 0 amide bonds. The summed E-state index contributed by atoms with van der Waals surface area (Å²) < 4.78 is 5.82. The van der Waals surface area contributed by atoms with Crippen LogP contribution in [0.15, 0.2) is 48.5 Å². The van der Waals surface area contributed by atoms with Gasteiger partial charge in [0.15, 0.2) is 5.78 Å². The van der Waals surface area contributed by atoms with Crippen molar-refractivity contribution in [3.8, 4) is 11.5 Å². The smallest absolute Gasteiger partial charge is 0.168 e. The molecule has 0 saturated heterocycles. The number of aryl methyl sites for hydroxylation is 1. The molecule has 0 heterocycles. The van der Waals surface area contributed by atoms with Gasteiger partial charge in [-0.2, -0.15) is 0 Å². The molecule has 0 spiro atoms. The first kappa shape index (κ1) is 14.3. The molecule has 2 aromatic rings. The molecule has 2 aromatic carbocycles. The summed E-state index contributed by atoms with van der Waals surface area (Å²) in [5, 5.41) is 0. The minimum absolute atomic E-state index is 0.139. The predicted molar refractivity (Wildman–Crippen MR) is 81.5 cm³/mol. The normalized spacial score (nSPS) is 11.2. The summed E-state index contributed by atoms with van der Waals surface area (Å²) >= 11 is 0. The topological polar surface area (TPSA) is 26.3 Å². The van der Waals surface area contributed by atoms with Gasteiger partial charge in [-0.15, -0.1) is 0 Å². The lowest BCUT2D eigenvalue weighted by molar-refractivity contribution is 0.0858. The van der Waals surface area contributed by atoms with Gasteiger partial charge in [0, 0.05) is 11.0 Å². The van der Waals surface area contributed by atoms with Gasteiger partial charge in [-0.25, -0.2) is 0 Å². The molecule has 0 aliphatic carbocycles. The van der Waals surface area contributed by atoms with E-state index in [-0.39, 0.29) is 11.2 Å². The fourth-order valence-electron chi connectivity index (χ4n) is 1.91. The van der Waals surface area contributed by atoms with Crippen molar-refractivity contribution in [3.63, 3.8) is 0 Å². The Labute approximate surface area is 120 Å². The summed E-state index contributed by atoms with van der Waals surface area (Å²) in [5.74, 6) is 1.71. The van der Waals surface area contributed by atoms with Gasteiger partial charge >= 0.3 is 0 Å². The largest absolute Gasteiger partial charge is 0.457 e. The van der Waals surface area contributed by atoms with E-state index < -0.39 is 0 Å². The molecule has 0 unspecified atom stereocenters. The van der Waals surface area contributed by atoms with E-state index in [2.05, 4.69) is 0 Å². The van der Waals surface area contributed by atoms with Gasteiger partial charge in [-0.1, -0.05) is 39.0 Å². The highest BCUT2D eigenvalue weighted by atomic mass is 16.5. The molecule has 0 saturated carbocycles. The Morgan fingerprint density at radius 3 is 2.10 bits per heavy atom. The van der Waals surface area contributed by atoms with Gasteiger partial charge in [0.25, 0.3) is 0 Å². The molecule has 2 heteroatoms. The SMILES string of the molecule is Cc1ccccc1Oc1ccc(C(=O)C(C)(C)C)cc1. The molecular weight excluding hydrogens is 248 g/mol. The molecule has 0 aliphatic heterocycles. The van der Waals surface area contributed by atoms with Crippen molar-refractivity contribution in [2.75, 3.05) is 0 Å². The number of ketones is 1. The van der Waals surface area contributed by atoms with Crippen LogP contribution in [0, 0.1) is 12.3 Å². The van der Waals surface area contributed by atoms with Crippen LogP contribution in [0.1, 0.15) is 36.7 Å². The summed E-state index contributed by atoms with van der Waals surface area (Å²) in [6, 6.07) is 15.2. The molecule has 2 rings (SSSR count). The zero-order valence-electron chi connectivity index (χ0n) is 12.4. The highest BCUT2D eigenvalue weighted by Gasteiger charge is 2.22. The third-order valence-electron chi connectivity index (χ3n) is 3.12. The van der Waals surface area contributed by atoms with E-state index in [0.717, 1.165) is 22.6 Å². The Bertz CT molecular complexity index is 604. The highest BCUT2D eigenvalue weighted by molar-refractivity contribution is 5.99. The maximum atomic E-state index is 12.1. The molecule has 20 heavy (non-hydrogen) atoms. The monoisotopic (exact) mass is 268 g/mol. The third-order valence-corrected chi connectivity index (χ3v) is 3.12. The predicted octanol–water partition coefficient (Wildman–Crippen LogP) is 5.02. The molecule has 2 nitrogen and oxygen atoms in total. The standard InChI is InChI=1S/C18H20O2/c1-13-7-5-6-8-16(13)20-15-11-9-14(10-12-15)17(19)18(2,3)4/h5-12H,1-4H3. The summed E-state index contributed by atoms with van der Waals surface area (Å²) in [4.78, 5) is 12.1. The van der Waals surface area contributed by atoms with Gasteiger partial charge in [-0.05, 0) is 42.8 Å². The van der Waals surface area contributed by atoms with Crippen LogP contribution in [0.4, 0.5) is 0 Å². The second kappa shape index (κ2) is 5.49. The van der Waals surface area contributed by atoms with Crippen LogP contribution in [-0.2, 0) is 0 Å². The summed E-state index contributed by atoms with van der Waals surface area (Å²) in [5.41, 5.74) is 1.44. The Balaban J connectivity index is 2.17. The van der Waals surface area contributed by atoms with E-state index in [9.17, 15) is 4.79 Å². The van der Waals surface area contributed by atoms with E-state index >= 15 is 0 Å². The molecule has 0 fully saturated rings. The number of para-hydroxylation sites is 1. The Morgan fingerprint density at radius 2 is 1.55 bits per heavy atom. The zero-order valence-corrected chi connectivity index (χ0v) is 12.4. The quantitative estimate of drug-likeness (QED) is 0.731. The van der Waals surface area contributed by atoms with E-state index in [1.807, 2.05) is 76.2 Å². The number of Topliss-reactive ketones (excluding diaryl/α,β-unsaturated/α-hetero) is 1. The number of carbonyl (C=O) groups is 1. The van der Waals surface area contributed by atoms with Crippen molar-refractivity contribution in [1.82, 2.24) is 0 Å². The Morgan fingerprint density at radius 1 is 0.950 bits per heavy atom. The Hall–Kier alpha value is -2.09. The van der Waals surface area contributed by atoms with Crippen molar-refractivity contribution in [2.45, 2.75) is 27.7 Å². The molecule has 0 bridgehead atoms. The Kier molecular flexibility index (Phi) is 3.93. The number of ether oxygens (including phenoxy) is 1. The fraction of sp³-hybridized carbons (Fsp3) is 0.278. The minimum Gasteiger partial charge on any atom is -0.457 e. The van der Waals surface area contributed by atoms with Gasteiger partial charge in [0.2, 0.25) is 0 Å².